The lowest BCUT2D eigenvalue weighted by atomic mass is 10.1. The molecule has 9 heteroatoms. The van der Waals surface area contributed by atoms with Crippen molar-refractivity contribution in [2.45, 2.75) is 18.9 Å². The number of anilines is 1. The van der Waals surface area contributed by atoms with Gasteiger partial charge in [0.2, 0.25) is 0 Å². The highest BCUT2D eigenvalue weighted by Gasteiger charge is 2.28. The zero-order valence-corrected chi connectivity index (χ0v) is 16.1. The number of para-hydroxylation sites is 1. The van der Waals surface area contributed by atoms with Crippen LogP contribution in [0.5, 0.6) is 11.5 Å². The summed E-state index contributed by atoms with van der Waals surface area (Å²) in [5, 5.41) is 10.8. The zero-order chi connectivity index (χ0) is 20.1. The van der Waals surface area contributed by atoms with Crippen LogP contribution in [0.1, 0.15) is 23.2 Å². The number of piperidine rings is 1. The van der Waals surface area contributed by atoms with Crippen molar-refractivity contribution in [2.24, 2.45) is 0 Å². The van der Waals surface area contributed by atoms with E-state index in [1.165, 1.54) is 25.3 Å². The second-order valence-electron chi connectivity index (χ2n) is 6.29. The van der Waals surface area contributed by atoms with Crippen LogP contribution in [0.15, 0.2) is 48.5 Å². The van der Waals surface area contributed by atoms with Gasteiger partial charge in [0.05, 0.1) is 30.5 Å². The molecule has 1 N–H and O–H groups in total. The molecule has 0 amide bonds. The fourth-order valence-corrected chi connectivity index (χ4v) is 3.82. The van der Waals surface area contributed by atoms with Gasteiger partial charge in [-0.25, -0.2) is 14.2 Å². The smallest absolute Gasteiger partial charge is 0.335 e. The maximum atomic E-state index is 12.0. The maximum absolute atomic E-state index is 12.0. The van der Waals surface area contributed by atoms with E-state index in [1.807, 2.05) is 30.3 Å². The average Bonchev–Trinajstić information content (AvgIpc) is 2.69. The summed E-state index contributed by atoms with van der Waals surface area (Å²) in [6.45, 7) is 0.888. The Balaban J connectivity index is 1.84. The SMILES string of the molecule is COc1cc(C(=O)O)ccc1N(N1CCCC(Oc2ccccc2)C1)S(=O)[O-]. The molecule has 150 valence electrons. The van der Waals surface area contributed by atoms with Gasteiger partial charge in [0.1, 0.15) is 23.3 Å². The van der Waals surface area contributed by atoms with Crippen LogP contribution in [0.3, 0.4) is 0 Å². The summed E-state index contributed by atoms with van der Waals surface area (Å²) in [5.74, 6) is -0.225. The fourth-order valence-electron chi connectivity index (χ4n) is 3.17. The summed E-state index contributed by atoms with van der Waals surface area (Å²) < 4.78 is 36.4. The molecule has 0 radical (unpaired) electrons. The van der Waals surface area contributed by atoms with Crippen molar-refractivity contribution in [3.05, 3.63) is 54.1 Å². The number of carboxylic acid groups (broad SMARTS) is 1. The topological polar surface area (TPSA) is 102 Å². The van der Waals surface area contributed by atoms with Crippen molar-refractivity contribution in [1.82, 2.24) is 5.01 Å². The largest absolute Gasteiger partial charge is 0.754 e. The first kappa shape index (κ1) is 20.1. The quantitative estimate of drug-likeness (QED) is 0.706. The number of carboxylic acids is 1. The number of rotatable bonds is 7. The van der Waals surface area contributed by atoms with E-state index >= 15 is 0 Å². The van der Waals surface area contributed by atoms with Crippen LogP contribution in [0.2, 0.25) is 0 Å². The minimum atomic E-state index is -2.62. The molecule has 0 aromatic heterocycles. The van der Waals surface area contributed by atoms with Crippen molar-refractivity contribution < 1.29 is 28.1 Å². The number of aromatic carboxylic acids is 1. The van der Waals surface area contributed by atoms with Crippen LogP contribution in [0, 0.1) is 0 Å². The Labute approximate surface area is 165 Å². The highest BCUT2D eigenvalue weighted by atomic mass is 32.2. The van der Waals surface area contributed by atoms with Crippen molar-refractivity contribution in [1.29, 1.82) is 0 Å². The molecule has 0 aliphatic carbocycles. The van der Waals surface area contributed by atoms with Gasteiger partial charge in [0.15, 0.2) is 0 Å². The monoisotopic (exact) mass is 405 g/mol. The molecule has 8 nitrogen and oxygen atoms in total. The molecule has 0 spiro atoms. The molecule has 0 saturated carbocycles. The summed E-state index contributed by atoms with van der Waals surface area (Å²) in [6, 6.07) is 13.5. The van der Waals surface area contributed by atoms with E-state index < -0.39 is 17.2 Å². The molecule has 1 aliphatic rings. The van der Waals surface area contributed by atoms with E-state index in [9.17, 15) is 13.6 Å². The second-order valence-corrected chi connectivity index (χ2v) is 7.07. The summed E-state index contributed by atoms with van der Waals surface area (Å²) in [4.78, 5) is 11.2. The minimum absolute atomic E-state index is 0.0150. The van der Waals surface area contributed by atoms with Gasteiger partial charge >= 0.3 is 5.97 Å². The molecule has 1 aliphatic heterocycles. The third-order valence-corrected chi connectivity index (χ3v) is 5.14. The van der Waals surface area contributed by atoms with Gasteiger partial charge in [0, 0.05) is 6.54 Å². The molecule has 2 aromatic rings. The van der Waals surface area contributed by atoms with Gasteiger partial charge in [-0.3, -0.25) is 4.21 Å². The van der Waals surface area contributed by atoms with E-state index in [4.69, 9.17) is 14.6 Å². The number of benzene rings is 2. The van der Waals surface area contributed by atoms with E-state index in [1.54, 1.807) is 5.01 Å². The standard InChI is InChI=1S/C19H22N2O6S/c1-26-18-12-14(19(22)23)9-10-17(18)21(28(24)25)20-11-5-8-16(13-20)27-15-6-3-2-4-7-15/h2-4,6-7,9-10,12,16H,5,8,11,13H2,1H3,(H,22,23)(H,24,25)/p-1. The second kappa shape index (κ2) is 9.05. The first-order chi connectivity index (χ1) is 13.5. The Bertz CT molecular complexity index is 848. The third kappa shape index (κ3) is 4.61. The van der Waals surface area contributed by atoms with Crippen LogP contribution in [0.4, 0.5) is 5.69 Å². The van der Waals surface area contributed by atoms with Gasteiger partial charge in [0.25, 0.3) is 0 Å². The Kier molecular flexibility index (Phi) is 6.50. The first-order valence-electron chi connectivity index (χ1n) is 8.77. The number of hydrogen-bond acceptors (Lipinski definition) is 6. The van der Waals surface area contributed by atoms with Crippen LogP contribution in [-0.2, 0) is 11.3 Å². The normalized spacial score (nSPS) is 18.3. The molecule has 28 heavy (non-hydrogen) atoms. The molecule has 1 saturated heterocycles. The predicted octanol–water partition coefficient (Wildman–Crippen LogP) is 2.45. The number of carbonyl (C=O) groups is 1. The van der Waals surface area contributed by atoms with Crippen molar-refractivity contribution >= 4 is 22.9 Å². The number of hydrazine groups is 1. The van der Waals surface area contributed by atoms with E-state index in [2.05, 4.69) is 0 Å². The number of methoxy groups -OCH3 is 1. The molecule has 0 bridgehead atoms. The van der Waals surface area contributed by atoms with Crippen LogP contribution in [0.25, 0.3) is 0 Å². The van der Waals surface area contributed by atoms with Crippen molar-refractivity contribution in [3.63, 3.8) is 0 Å². The van der Waals surface area contributed by atoms with Crippen LogP contribution in [-0.4, -0.2) is 51.1 Å². The van der Waals surface area contributed by atoms with Crippen LogP contribution < -0.4 is 13.9 Å². The summed E-state index contributed by atoms with van der Waals surface area (Å²) in [7, 11) is 1.37. The third-order valence-electron chi connectivity index (χ3n) is 4.43. The van der Waals surface area contributed by atoms with Crippen molar-refractivity contribution in [3.8, 4) is 11.5 Å². The predicted molar refractivity (Wildman–Crippen MR) is 103 cm³/mol. The molecule has 2 unspecified atom stereocenters. The molecular weight excluding hydrogens is 384 g/mol. The number of ether oxygens (including phenoxy) is 2. The van der Waals surface area contributed by atoms with Gasteiger partial charge in [-0.15, -0.1) is 0 Å². The highest BCUT2D eigenvalue weighted by Crippen LogP contribution is 2.33. The summed E-state index contributed by atoms with van der Waals surface area (Å²) in [5.41, 5.74) is 0.266. The highest BCUT2D eigenvalue weighted by molar-refractivity contribution is 7.80. The number of nitrogens with zero attached hydrogens (tertiary/aromatic N) is 2. The summed E-state index contributed by atoms with van der Waals surface area (Å²) >= 11 is -2.62. The van der Waals surface area contributed by atoms with Gasteiger partial charge in [-0.1, -0.05) is 18.2 Å². The van der Waals surface area contributed by atoms with Crippen molar-refractivity contribution in [2.75, 3.05) is 24.6 Å². The van der Waals surface area contributed by atoms with E-state index in [0.29, 0.717) is 13.1 Å². The molecular formula is C19H21N2O6S-. The molecule has 1 fully saturated rings. The lowest BCUT2D eigenvalue weighted by molar-refractivity contribution is 0.0696. The Morgan fingerprint density at radius 2 is 2.04 bits per heavy atom. The molecule has 3 rings (SSSR count). The van der Waals surface area contributed by atoms with E-state index in [-0.39, 0.29) is 23.1 Å². The Morgan fingerprint density at radius 3 is 2.68 bits per heavy atom. The Hall–Kier alpha value is -2.62. The Morgan fingerprint density at radius 1 is 1.29 bits per heavy atom. The number of hydrogen-bond donors (Lipinski definition) is 1. The fraction of sp³-hybridized carbons (Fsp3) is 0.316. The maximum Gasteiger partial charge on any atom is 0.335 e. The molecule has 2 aromatic carbocycles. The van der Waals surface area contributed by atoms with E-state index in [0.717, 1.165) is 23.0 Å². The van der Waals surface area contributed by atoms with Gasteiger partial charge in [-0.2, -0.15) is 0 Å². The average molecular weight is 405 g/mol. The minimum Gasteiger partial charge on any atom is -0.754 e. The van der Waals surface area contributed by atoms with Crippen LogP contribution >= 0.6 is 0 Å². The zero-order valence-electron chi connectivity index (χ0n) is 15.3. The van der Waals surface area contributed by atoms with Gasteiger partial charge in [-0.05, 0) is 43.2 Å². The van der Waals surface area contributed by atoms with Gasteiger partial charge < -0.3 is 19.1 Å². The lowest BCUT2D eigenvalue weighted by Gasteiger charge is -2.42. The molecule has 2 atom stereocenters. The lowest BCUT2D eigenvalue weighted by Crippen LogP contribution is -2.51. The first-order valence-corrected chi connectivity index (χ1v) is 9.80. The summed E-state index contributed by atoms with van der Waals surface area (Å²) in [6.07, 6.45) is 1.38. The molecule has 1 heterocycles.